The third-order valence-corrected chi connectivity index (χ3v) is 2.65. The van der Waals surface area contributed by atoms with E-state index in [9.17, 15) is 14.9 Å². The standard InChI is InChI=1S/C12H11N3O4/c1-2-14-7-10(12(16)17)11(13-14)8-4-3-5-9(6-8)15(18)19/h3-7H,2H2,1H3,(H,16,17). The molecule has 1 N–H and O–H groups in total. The Morgan fingerprint density at radius 3 is 2.84 bits per heavy atom. The number of aromatic nitrogens is 2. The molecule has 0 aliphatic carbocycles. The van der Waals surface area contributed by atoms with Crippen LogP contribution >= 0.6 is 0 Å². The zero-order chi connectivity index (χ0) is 14.0. The average molecular weight is 261 g/mol. The Labute approximate surface area is 108 Å². The van der Waals surface area contributed by atoms with Crippen LogP contribution in [0.1, 0.15) is 17.3 Å². The van der Waals surface area contributed by atoms with Crippen LogP contribution in [0.4, 0.5) is 5.69 Å². The molecule has 98 valence electrons. The minimum Gasteiger partial charge on any atom is -0.478 e. The molecule has 0 bridgehead atoms. The largest absolute Gasteiger partial charge is 0.478 e. The number of non-ortho nitro benzene ring substituents is 1. The van der Waals surface area contributed by atoms with E-state index in [0.29, 0.717) is 12.1 Å². The van der Waals surface area contributed by atoms with Gasteiger partial charge in [-0.15, -0.1) is 0 Å². The van der Waals surface area contributed by atoms with Crippen molar-refractivity contribution in [3.8, 4) is 11.3 Å². The van der Waals surface area contributed by atoms with E-state index in [4.69, 9.17) is 5.11 Å². The molecule has 2 rings (SSSR count). The number of hydrogen-bond acceptors (Lipinski definition) is 4. The number of aryl methyl sites for hydroxylation is 1. The van der Waals surface area contributed by atoms with Gasteiger partial charge in [-0.2, -0.15) is 5.10 Å². The Morgan fingerprint density at radius 2 is 2.26 bits per heavy atom. The number of aromatic carboxylic acids is 1. The predicted molar refractivity (Wildman–Crippen MR) is 67.0 cm³/mol. The van der Waals surface area contributed by atoms with E-state index in [1.54, 1.807) is 6.07 Å². The second kappa shape index (κ2) is 4.89. The number of nitrogens with zero attached hydrogens (tertiary/aromatic N) is 3. The fourth-order valence-corrected chi connectivity index (χ4v) is 1.72. The van der Waals surface area contributed by atoms with E-state index in [1.165, 1.54) is 29.1 Å². The van der Waals surface area contributed by atoms with Crippen LogP contribution in [0.3, 0.4) is 0 Å². The Balaban J connectivity index is 2.57. The minimum atomic E-state index is -1.11. The molecular weight excluding hydrogens is 250 g/mol. The number of nitro benzene ring substituents is 1. The normalized spacial score (nSPS) is 10.4. The summed E-state index contributed by atoms with van der Waals surface area (Å²) < 4.78 is 1.48. The summed E-state index contributed by atoms with van der Waals surface area (Å²) in [5.74, 6) is -1.11. The molecule has 0 spiro atoms. The lowest BCUT2D eigenvalue weighted by Crippen LogP contribution is -1.97. The van der Waals surface area contributed by atoms with Gasteiger partial charge in [0.25, 0.3) is 5.69 Å². The molecule has 7 nitrogen and oxygen atoms in total. The lowest BCUT2D eigenvalue weighted by Gasteiger charge is -1.99. The first-order valence-corrected chi connectivity index (χ1v) is 5.58. The quantitative estimate of drug-likeness (QED) is 0.671. The molecule has 0 saturated heterocycles. The molecule has 2 aromatic rings. The molecule has 19 heavy (non-hydrogen) atoms. The van der Waals surface area contributed by atoms with Crippen molar-refractivity contribution in [1.82, 2.24) is 9.78 Å². The molecule has 0 aliphatic heterocycles. The molecule has 0 saturated carbocycles. The highest BCUT2D eigenvalue weighted by Gasteiger charge is 2.18. The van der Waals surface area contributed by atoms with Crippen molar-refractivity contribution in [2.45, 2.75) is 13.5 Å². The van der Waals surface area contributed by atoms with E-state index >= 15 is 0 Å². The minimum absolute atomic E-state index is 0.0300. The predicted octanol–water partition coefficient (Wildman–Crippen LogP) is 2.18. The van der Waals surface area contributed by atoms with Crippen molar-refractivity contribution in [1.29, 1.82) is 0 Å². The van der Waals surface area contributed by atoms with Gasteiger partial charge in [0.15, 0.2) is 0 Å². The van der Waals surface area contributed by atoms with Gasteiger partial charge in [-0.1, -0.05) is 12.1 Å². The fourth-order valence-electron chi connectivity index (χ4n) is 1.72. The van der Waals surface area contributed by atoms with Crippen LogP contribution in [0.2, 0.25) is 0 Å². The van der Waals surface area contributed by atoms with Crippen LogP contribution in [0, 0.1) is 10.1 Å². The summed E-state index contributed by atoms with van der Waals surface area (Å²) in [6.07, 6.45) is 1.41. The van der Waals surface area contributed by atoms with Crippen LogP contribution in [-0.4, -0.2) is 25.8 Å². The number of carbonyl (C=O) groups is 1. The van der Waals surface area contributed by atoms with Crippen LogP contribution in [0.5, 0.6) is 0 Å². The molecule has 0 amide bonds. The Hall–Kier alpha value is -2.70. The van der Waals surface area contributed by atoms with Gasteiger partial charge in [0.05, 0.1) is 4.92 Å². The maximum absolute atomic E-state index is 11.2. The summed E-state index contributed by atoms with van der Waals surface area (Å²) in [7, 11) is 0. The zero-order valence-electron chi connectivity index (χ0n) is 10.1. The van der Waals surface area contributed by atoms with Gasteiger partial charge in [0.2, 0.25) is 0 Å². The summed E-state index contributed by atoms with van der Waals surface area (Å²) in [4.78, 5) is 21.4. The van der Waals surface area contributed by atoms with Crippen molar-refractivity contribution in [3.05, 3.63) is 46.1 Å². The Bertz CT molecular complexity index is 648. The monoisotopic (exact) mass is 261 g/mol. The summed E-state index contributed by atoms with van der Waals surface area (Å²) >= 11 is 0. The third-order valence-electron chi connectivity index (χ3n) is 2.65. The third kappa shape index (κ3) is 2.44. The smallest absolute Gasteiger partial charge is 0.339 e. The van der Waals surface area contributed by atoms with E-state index in [-0.39, 0.29) is 16.9 Å². The molecule has 0 aliphatic rings. The first-order valence-electron chi connectivity index (χ1n) is 5.58. The zero-order valence-corrected chi connectivity index (χ0v) is 10.1. The van der Waals surface area contributed by atoms with E-state index < -0.39 is 10.9 Å². The van der Waals surface area contributed by atoms with Crippen LogP contribution < -0.4 is 0 Å². The van der Waals surface area contributed by atoms with Crippen molar-refractivity contribution in [3.63, 3.8) is 0 Å². The lowest BCUT2D eigenvalue weighted by molar-refractivity contribution is -0.384. The number of carboxylic acids is 1. The Morgan fingerprint density at radius 1 is 1.53 bits per heavy atom. The van der Waals surface area contributed by atoms with Gasteiger partial charge in [-0.05, 0) is 6.92 Å². The van der Waals surface area contributed by atoms with E-state index in [1.807, 2.05) is 6.92 Å². The molecule has 0 radical (unpaired) electrons. The van der Waals surface area contributed by atoms with Crippen molar-refractivity contribution in [2.75, 3.05) is 0 Å². The van der Waals surface area contributed by atoms with Gasteiger partial charge in [-0.25, -0.2) is 4.79 Å². The molecular formula is C12H11N3O4. The van der Waals surface area contributed by atoms with Crippen molar-refractivity contribution >= 4 is 11.7 Å². The summed E-state index contributed by atoms with van der Waals surface area (Å²) in [6.45, 7) is 2.35. The summed E-state index contributed by atoms with van der Waals surface area (Å²) in [5, 5.41) is 24.0. The number of rotatable bonds is 4. The second-order valence-electron chi connectivity index (χ2n) is 3.86. The second-order valence-corrected chi connectivity index (χ2v) is 3.86. The highest BCUT2D eigenvalue weighted by Crippen LogP contribution is 2.25. The topological polar surface area (TPSA) is 98.3 Å². The molecule has 1 aromatic carbocycles. The van der Waals surface area contributed by atoms with Gasteiger partial charge < -0.3 is 5.11 Å². The first-order chi connectivity index (χ1) is 9.02. The molecule has 0 atom stereocenters. The van der Waals surface area contributed by atoms with Gasteiger partial charge in [-0.3, -0.25) is 14.8 Å². The maximum Gasteiger partial charge on any atom is 0.339 e. The van der Waals surface area contributed by atoms with E-state index in [0.717, 1.165) is 0 Å². The van der Waals surface area contributed by atoms with E-state index in [2.05, 4.69) is 5.10 Å². The Kier molecular flexibility index (Phi) is 3.28. The van der Waals surface area contributed by atoms with Crippen LogP contribution in [-0.2, 0) is 6.54 Å². The SMILES string of the molecule is CCn1cc(C(=O)O)c(-c2cccc([N+](=O)[O-])c2)n1. The molecule has 7 heteroatoms. The lowest BCUT2D eigenvalue weighted by atomic mass is 10.1. The fraction of sp³-hybridized carbons (Fsp3) is 0.167. The van der Waals surface area contributed by atoms with Gasteiger partial charge in [0, 0.05) is 30.4 Å². The molecule has 0 unspecified atom stereocenters. The molecule has 0 fully saturated rings. The highest BCUT2D eigenvalue weighted by atomic mass is 16.6. The number of nitro groups is 1. The van der Waals surface area contributed by atoms with Gasteiger partial charge in [0.1, 0.15) is 11.3 Å². The number of benzene rings is 1. The maximum atomic E-state index is 11.2. The van der Waals surface area contributed by atoms with Crippen LogP contribution in [0.25, 0.3) is 11.3 Å². The molecule has 1 aromatic heterocycles. The van der Waals surface area contributed by atoms with Crippen molar-refractivity contribution in [2.24, 2.45) is 0 Å². The number of carboxylic acid groups (broad SMARTS) is 1. The highest BCUT2D eigenvalue weighted by molar-refractivity contribution is 5.94. The average Bonchev–Trinajstić information content (AvgIpc) is 2.83. The molecule has 1 heterocycles. The summed E-state index contributed by atoms with van der Waals surface area (Å²) in [6, 6.07) is 5.77. The van der Waals surface area contributed by atoms with Crippen molar-refractivity contribution < 1.29 is 14.8 Å². The summed E-state index contributed by atoms with van der Waals surface area (Å²) in [5.41, 5.74) is 0.582. The van der Waals surface area contributed by atoms with Crippen LogP contribution in [0.15, 0.2) is 30.5 Å². The number of hydrogen-bond donors (Lipinski definition) is 1. The van der Waals surface area contributed by atoms with Gasteiger partial charge >= 0.3 is 5.97 Å². The first kappa shape index (κ1) is 12.7.